The first-order valence-corrected chi connectivity index (χ1v) is 7.69. The van der Waals surface area contributed by atoms with Crippen molar-refractivity contribution in [3.63, 3.8) is 0 Å². The van der Waals surface area contributed by atoms with E-state index in [-0.39, 0.29) is 6.04 Å². The Bertz CT molecular complexity index is 601. The zero-order valence-corrected chi connectivity index (χ0v) is 13.8. The first kappa shape index (κ1) is 15.7. The van der Waals surface area contributed by atoms with Crippen LogP contribution in [0.25, 0.3) is 0 Å². The minimum Gasteiger partial charge on any atom is -0.308 e. The van der Waals surface area contributed by atoms with E-state index in [1.807, 2.05) is 18.5 Å². The van der Waals surface area contributed by atoms with E-state index in [4.69, 9.17) is 0 Å². The summed E-state index contributed by atoms with van der Waals surface area (Å²) in [5.41, 5.74) is 3.98. The summed E-state index contributed by atoms with van der Waals surface area (Å²) in [6.45, 7) is 12.3. The maximum absolute atomic E-state index is 4.50. The molecular formula is C17H26N4. The third-order valence-electron chi connectivity index (χ3n) is 3.77. The van der Waals surface area contributed by atoms with Crippen molar-refractivity contribution in [3.8, 4) is 0 Å². The minimum atomic E-state index is 0.268. The summed E-state index contributed by atoms with van der Waals surface area (Å²) >= 11 is 0. The van der Waals surface area contributed by atoms with E-state index >= 15 is 0 Å². The third-order valence-corrected chi connectivity index (χ3v) is 3.77. The standard InChI is InChI=1S/C17H26N4/c1-6-9-18-17(11-21-15(5)19-14(4)20-21)16-10-12(2)7-8-13(16)3/h7-8,10,17-18H,6,9,11H2,1-5H3. The van der Waals surface area contributed by atoms with Crippen LogP contribution in [0.5, 0.6) is 0 Å². The number of benzene rings is 1. The van der Waals surface area contributed by atoms with Crippen LogP contribution in [-0.4, -0.2) is 21.3 Å². The predicted molar refractivity (Wildman–Crippen MR) is 86.4 cm³/mol. The molecule has 2 rings (SSSR count). The van der Waals surface area contributed by atoms with Crippen LogP contribution in [-0.2, 0) is 6.54 Å². The molecule has 114 valence electrons. The molecule has 0 aliphatic carbocycles. The molecule has 1 aromatic heterocycles. The van der Waals surface area contributed by atoms with E-state index < -0.39 is 0 Å². The van der Waals surface area contributed by atoms with Gasteiger partial charge in [0.25, 0.3) is 0 Å². The van der Waals surface area contributed by atoms with E-state index in [0.29, 0.717) is 0 Å². The third kappa shape index (κ3) is 3.91. The second kappa shape index (κ2) is 6.85. The van der Waals surface area contributed by atoms with Crippen molar-refractivity contribution in [3.05, 3.63) is 46.5 Å². The summed E-state index contributed by atoms with van der Waals surface area (Å²) in [5.74, 6) is 1.81. The Morgan fingerprint density at radius 3 is 2.57 bits per heavy atom. The number of aromatic nitrogens is 3. The maximum Gasteiger partial charge on any atom is 0.147 e. The molecule has 0 aliphatic rings. The minimum absolute atomic E-state index is 0.268. The van der Waals surface area contributed by atoms with Gasteiger partial charge in [0.05, 0.1) is 12.6 Å². The molecule has 0 fully saturated rings. The van der Waals surface area contributed by atoms with Crippen LogP contribution in [0.4, 0.5) is 0 Å². The summed E-state index contributed by atoms with van der Waals surface area (Å²) in [4.78, 5) is 4.40. The van der Waals surface area contributed by atoms with Gasteiger partial charge < -0.3 is 5.32 Å². The first-order chi connectivity index (χ1) is 10.0. The molecule has 1 aromatic carbocycles. The quantitative estimate of drug-likeness (QED) is 0.886. The van der Waals surface area contributed by atoms with Crippen LogP contribution in [0.15, 0.2) is 18.2 Å². The Morgan fingerprint density at radius 2 is 1.95 bits per heavy atom. The first-order valence-electron chi connectivity index (χ1n) is 7.69. The Balaban J connectivity index is 2.29. The molecule has 4 nitrogen and oxygen atoms in total. The van der Waals surface area contributed by atoms with Gasteiger partial charge in [-0.25, -0.2) is 9.67 Å². The lowest BCUT2D eigenvalue weighted by molar-refractivity contribution is 0.430. The van der Waals surface area contributed by atoms with Crippen molar-refractivity contribution < 1.29 is 0 Å². The maximum atomic E-state index is 4.50. The number of hydrogen-bond donors (Lipinski definition) is 1. The van der Waals surface area contributed by atoms with Crippen LogP contribution in [0.1, 0.15) is 47.7 Å². The van der Waals surface area contributed by atoms with Crippen molar-refractivity contribution >= 4 is 0 Å². The lowest BCUT2D eigenvalue weighted by Crippen LogP contribution is -2.28. The number of rotatable bonds is 6. The van der Waals surface area contributed by atoms with E-state index in [9.17, 15) is 0 Å². The Labute approximate surface area is 127 Å². The Morgan fingerprint density at radius 1 is 1.19 bits per heavy atom. The lowest BCUT2D eigenvalue weighted by atomic mass is 9.98. The molecule has 0 bridgehead atoms. The second-order valence-electron chi connectivity index (χ2n) is 5.76. The van der Waals surface area contributed by atoms with Crippen LogP contribution in [0.2, 0.25) is 0 Å². The molecule has 4 heteroatoms. The van der Waals surface area contributed by atoms with Crippen molar-refractivity contribution in [2.75, 3.05) is 6.54 Å². The largest absolute Gasteiger partial charge is 0.308 e. The molecule has 1 unspecified atom stereocenters. The van der Waals surface area contributed by atoms with E-state index in [2.05, 4.69) is 54.4 Å². The zero-order valence-electron chi connectivity index (χ0n) is 13.8. The molecule has 0 spiro atoms. The highest BCUT2D eigenvalue weighted by atomic mass is 15.3. The van der Waals surface area contributed by atoms with Gasteiger partial charge >= 0.3 is 0 Å². The molecule has 0 radical (unpaired) electrons. The Hall–Kier alpha value is -1.68. The van der Waals surface area contributed by atoms with Gasteiger partial charge in [-0.05, 0) is 51.8 Å². The summed E-state index contributed by atoms with van der Waals surface area (Å²) in [6, 6.07) is 6.91. The lowest BCUT2D eigenvalue weighted by Gasteiger charge is -2.22. The topological polar surface area (TPSA) is 42.7 Å². The molecule has 0 amide bonds. The molecule has 2 aromatic rings. The molecule has 1 atom stereocenters. The molecular weight excluding hydrogens is 260 g/mol. The highest BCUT2D eigenvalue weighted by molar-refractivity contribution is 5.33. The molecule has 0 aliphatic heterocycles. The van der Waals surface area contributed by atoms with Crippen molar-refractivity contribution in [2.24, 2.45) is 0 Å². The van der Waals surface area contributed by atoms with Gasteiger partial charge in [0.15, 0.2) is 0 Å². The van der Waals surface area contributed by atoms with Crippen LogP contribution >= 0.6 is 0 Å². The van der Waals surface area contributed by atoms with E-state index in [1.165, 1.54) is 16.7 Å². The van der Waals surface area contributed by atoms with Crippen LogP contribution < -0.4 is 5.32 Å². The SMILES string of the molecule is CCCNC(Cn1nc(C)nc1C)c1cc(C)ccc1C. The average Bonchev–Trinajstić information content (AvgIpc) is 2.75. The summed E-state index contributed by atoms with van der Waals surface area (Å²) < 4.78 is 2.00. The molecule has 0 saturated carbocycles. The highest BCUT2D eigenvalue weighted by Crippen LogP contribution is 2.21. The molecule has 1 heterocycles. The summed E-state index contributed by atoms with van der Waals surface area (Å²) in [7, 11) is 0. The summed E-state index contributed by atoms with van der Waals surface area (Å²) in [5, 5.41) is 8.15. The van der Waals surface area contributed by atoms with Crippen molar-refractivity contribution in [1.82, 2.24) is 20.1 Å². The number of nitrogens with zero attached hydrogens (tertiary/aromatic N) is 3. The van der Waals surface area contributed by atoms with Gasteiger partial charge in [-0.3, -0.25) is 0 Å². The van der Waals surface area contributed by atoms with Gasteiger partial charge in [0.2, 0.25) is 0 Å². The fourth-order valence-corrected chi connectivity index (χ4v) is 2.63. The molecule has 0 saturated heterocycles. The molecule has 21 heavy (non-hydrogen) atoms. The van der Waals surface area contributed by atoms with Crippen molar-refractivity contribution in [1.29, 1.82) is 0 Å². The smallest absolute Gasteiger partial charge is 0.147 e. The van der Waals surface area contributed by atoms with Crippen LogP contribution in [0, 0.1) is 27.7 Å². The number of hydrogen-bond acceptors (Lipinski definition) is 3. The fourth-order valence-electron chi connectivity index (χ4n) is 2.63. The number of aryl methyl sites for hydroxylation is 4. The van der Waals surface area contributed by atoms with Gasteiger partial charge in [-0.1, -0.05) is 30.7 Å². The second-order valence-corrected chi connectivity index (χ2v) is 5.76. The van der Waals surface area contributed by atoms with E-state index in [1.54, 1.807) is 0 Å². The summed E-state index contributed by atoms with van der Waals surface area (Å²) in [6.07, 6.45) is 1.12. The predicted octanol–water partition coefficient (Wildman–Crippen LogP) is 3.25. The van der Waals surface area contributed by atoms with Crippen LogP contribution in [0.3, 0.4) is 0 Å². The fraction of sp³-hybridized carbons (Fsp3) is 0.529. The van der Waals surface area contributed by atoms with Gasteiger partial charge in [0.1, 0.15) is 11.6 Å². The number of nitrogens with one attached hydrogen (secondary N) is 1. The van der Waals surface area contributed by atoms with Gasteiger partial charge in [0, 0.05) is 0 Å². The monoisotopic (exact) mass is 286 g/mol. The highest BCUT2D eigenvalue weighted by Gasteiger charge is 2.16. The molecule has 1 N–H and O–H groups in total. The Kier molecular flexibility index (Phi) is 5.12. The van der Waals surface area contributed by atoms with E-state index in [0.717, 1.165) is 31.2 Å². The van der Waals surface area contributed by atoms with Crippen molar-refractivity contribution in [2.45, 2.75) is 53.6 Å². The van der Waals surface area contributed by atoms with Gasteiger partial charge in [-0.15, -0.1) is 0 Å². The zero-order chi connectivity index (χ0) is 15.4. The average molecular weight is 286 g/mol. The van der Waals surface area contributed by atoms with Gasteiger partial charge in [-0.2, -0.15) is 5.10 Å². The normalized spacial score (nSPS) is 12.6.